The molecule has 12 nitrogen and oxygen atoms in total. The number of benzene rings is 1. The molecule has 1 aromatic carbocycles. The molecule has 2 bridgehead atoms. The topological polar surface area (TPSA) is 143 Å². The fourth-order valence-electron chi connectivity index (χ4n) is 6.94. The summed E-state index contributed by atoms with van der Waals surface area (Å²) in [6.07, 6.45) is 10.6. The highest BCUT2D eigenvalue weighted by molar-refractivity contribution is 6.31. The van der Waals surface area contributed by atoms with Crippen LogP contribution < -0.4 is 9.47 Å². The lowest BCUT2D eigenvalue weighted by atomic mass is 9.61. The Hall–Kier alpha value is -5.04. The van der Waals surface area contributed by atoms with Crippen LogP contribution in [0.15, 0.2) is 48.9 Å². The number of carbonyl (C=O) groups is 2. The van der Waals surface area contributed by atoms with Gasteiger partial charge in [0.15, 0.2) is 28.8 Å². The second kappa shape index (κ2) is 12.6. The molecular formula is C33H30ClFN6O6. The quantitative estimate of drug-likeness (QED) is 0.115. The Kier molecular flexibility index (Phi) is 8.22. The Bertz CT molecular complexity index is 2020. The molecule has 0 saturated heterocycles. The molecule has 0 radical (unpaired) electrons. The number of aromatic amines is 1. The molecule has 2 atom stereocenters. The van der Waals surface area contributed by atoms with Gasteiger partial charge in [-0.3, -0.25) is 9.89 Å². The summed E-state index contributed by atoms with van der Waals surface area (Å²) in [5, 5.41) is 8.41. The van der Waals surface area contributed by atoms with E-state index in [1.807, 2.05) is 0 Å². The Balaban J connectivity index is 1.10. The maximum atomic E-state index is 15.3. The second-order valence-corrected chi connectivity index (χ2v) is 12.1. The molecule has 3 aliphatic carbocycles. The van der Waals surface area contributed by atoms with Gasteiger partial charge in [-0.2, -0.15) is 5.10 Å². The third kappa shape index (κ3) is 5.75. The van der Waals surface area contributed by atoms with Crippen molar-refractivity contribution in [1.29, 1.82) is 0 Å². The van der Waals surface area contributed by atoms with Crippen LogP contribution in [0.1, 0.15) is 37.3 Å². The number of aromatic nitrogens is 6. The van der Waals surface area contributed by atoms with E-state index in [1.165, 1.54) is 38.9 Å². The predicted octanol–water partition coefficient (Wildman–Crippen LogP) is 5.91. The molecule has 1 N–H and O–H groups in total. The first kappa shape index (κ1) is 30.6. The largest absolute Gasteiger partial charge is 0.493 e. The monoisotopic (exact) mass is 660 g/mol. The molecule has 3 saturated carbocycles. The molecule has 0 aliphatic heterocycles. The highest BCUT2D eigenvalue weighted by Gasteiger charge is 2.49. The van der Waals surface area contributed by atoms with E-state index in [9.17, 15) is 9.59 Å². The van der Waals surface area contributed by atoms with E-state index in [1.54, 1.807) is 34.9 Å². The minimum atomic E-state index is -0.681. The SMILES string of the molecule is COc1ccc(/C=C/C(=O)OCOC(=O)[C@H]2C3CCC(CC3)[C@@H]2n2cc(F)c3cnc(-c4[nH]nc5ncc(Cl)cc45)nc32)cc1OC. The first-order valence-corrected chi connectivity index (χ1v) is 15.5. The number of ether oxygens (including phenoxy) is 4. The summed E-state index contributed by atoms with van der Waals surface area (Å²) in [5.74, 6) is -0.745. The van der Waals surface area contributed by atoms with Gasteiger partial charge in [-0.1, -0.05) is 17.7 Å². The molecule has 4 heterocycles. The van der Waals surface area contributed by atoms with Gasteiger partial charge in [0.25, 0.3) is 0 Å². The van der Waals surface area contributed by atoms with Crippen LogP contribution in [0.2, 0.25) is 5.02 Å². The molecule has 3 aliphatic rings. The molecule has 0 unspecified atom stereocenters. The van der Waals surface area contributed by atoms with Crippen molar-refractivity contribution in [3.8, 4) is 23.0 Å². The average Bonchev–Trinajstić information content (AvgIpc) is 3.67. The Labute approximate surface area is 272 Å². The molecule has 8 rings (SSSR count). The van der Waals surface area contributed by atoms with E-state index >= 15 is 4.39 Å². The van der Waals surface area contributed by atoms with Crippen LogP contribution >= 0.6 is 11.6 Å². The molecule has 0 spiro atoms. The number of hydrogen-bond donors (Lipinski definition) is 1. The van der Waals surface area contributed by atoms with Crippen LogP contribution in [0.3, 0.4) is 0 Å². The van der Waals surface area contributed by atoms with E-state index in [0.29, 0.717) is 44.5 Å². The van der Waals surface area contributed by atoms with Crippen LogP contribution in [0, 0.1) is 23.6 Å². The number of esters is 2. The number of H-pyrrole nitrogens is 1. The van der Waals surface area contributed by atoms with E-state index in [0.717, 1.165) is 25.7 Å². The van der Waals surface area contributed by atoms with Crippen LogP contribution in [-0.4, -0.2) is 62.7 Å². The number of carbonyl (C=O) groups excluding carboxylic acids is 2. The Morgan fingerprint density at radius 3 is 2.60 bits per heavy atom. The minimum Gasteiger partial charge on any atom is -0.493 e. The van der Waals surface area contributed by atoms with Gasteiger partial charge in [-0.25, -0.2) is 24.1 Å². The normalized spacial score (nSPS) is 20.6. The fraction of sp³-hybridized carbons (Fsp3) is 0.333. The molecule has 14 heteroatoms. The lowest BCUT2D eigenvalue weighted by Gasteiger charge is -2.47. The van der Waals surface area contributed by atoms with Crippen molar-refractivity contribution in [2.24, 2.45) is 17.8 Å². The number of halogens is 2. The van der Waals surface area contributed by atoms with Crippen LogP contribution in [-0.2, 0) is 19.1 Å². The molecule has 0 amide bonds. The van der Waals surface area contributed by atoms with Crippen molar-refractivity contribution in [2.45, 2.75) is 31.7 Å². The number of rotatable bonds is 9. The standard InChI is InChI=1S/C33H30ClFN6O6/c1-44-24-9-3-17(11-25(24)45-2)4-10-26(42)46-16-47-33(43)27-18-5-7-19(8-6-18)29(27)41-15-23(35)22-14-37-31(38-32(22)41)28-21-12-20(34)13-36-30(21)40-39-28/h3-4,9-15,18-19,27,29H,5-8,16H2,1-2H3,(H,36,39,40)/b10-4+/t18?,19?,27-,29-/m0/s1. The van der Waals surface area contributed by atoms with E-state index in [4.69, 9.17) is 35.5 Å². The lowest BCUT2D eigenvalue weighted by Crippen LogP contribution is -2.45. The van der Waals surface area contributed by atoms with Crippen molar-refractivity contribution in [2.75, 3.05) is 21.0 Å². The van der Waals surface area contributed by atoms with Crippen molar-refractivity contribution in [3.05, 3.63) is 65.3 Å². The van der Waals surface area contributed by atoms with Crippen molar-refractivity contribution in [1.82, 2.24) is 29.7 Å². The summed E-state index contributed by atoms with van der Waals surface area (Å²) in [6, 6.07) is 6.50. The third-order valence-corrected chi connectivity index (χ3v) is 9.32. The van der Waals surface area contributed by atoms with Gasteiger partial charge < -0.3 is 23.5 Å². The number of pyridine rings is 1. The molecular weight excluding hydrogens is 631 g/mol. The highest BCUT2D eigenvalue weighted by Crippen LogP contribution is 2.52. The molecule has 5 aromatic rings. The van der Waals surface area contributed by atoms with Gasteiger partial charge in [-0.15, -0.1) is 0 Å². The smallest absolute Gasteiger partial charge is 0.333 e. The lowest BCUT2D eigenvalue weighted by molar-refractivity contribution is -0.174. The molecule has 3 fully saturated rings. The zero-order valence-corrected chi connectivity index (χ0v) is 26.2. The first-order chi connectivity index (χ1) is 22.8. The zero-order chi connectivity index (χ0) is 32.7. The van der Waals surface area contributed by atoms with Gasteiger partial charge in [0, 0.05) is 24.7 Å². The zero-order valence-electron chi connectivity index (χ0n) is 25.5. The maximum Gasteiger partial charge on any atom is 0.333 e. The first-order valence-electron chi connectivity index (χ1n) is 15.1. The number of fused-ring (bicyclic) bond motifs is 5. The van der Waals surface area contributed by atoms with Gasteiger partial charge in [0.2, 0.25) is 6.79 Å². The summed E-state index contributed by atoms with van der Waals surface area (Å²) in [6.45, 7) is -0.550. The Morgan fingerprint density at radius 1 is 1.02 bits per heavy atom. The predicted molar refractivity (Wildman–Crippen MR) is 169 cm³/mol. The van der Waals surface area contributed by atoms with Crippen LogP contribution in [0.5, 0.6) is 11.5 Å². The van der Waals surface area contributed by atoms with Crippen molar-refractivity contribution in [3.63, 3.8) is 0 Å². The second-order valence-electron chi connectivity index (χ2n) is 11.6. The summed E-state index contributed by atoms with van der Waals surface area (Å²) in [5.41, 5.74) is 1.98. The molecule has 4 aromatic heterocycles. The number of methoxy groups -OCH3 is 2. The maximum absolute atomic E-state index is 15.3. The average molecular weight is 661 g/mol. The van der Waals surface area contributed by atoms with Gasteiger partial charge in [-0.05, 0) is 67.4 Å². The number of nitrogens with one attached hydrogen (secondary N) is 1. The van der Waals surface area contributed by atoms with Gasteiger partial charge >= 0.3 is 11.9 Å². The van der Waals surface area contributed by atoms with Gasteiger partial charge in [0.05, 0.1) is 42.0 Å². The van der Waals surface area contributed by atoms with Crippen molar-refractivity contribution >= 4 is 51.7 Å². The summed E-state index contributed by atoms with van der Waals surface area (Å²) < 4.78 is 38.3. The van der Waals surface area contributed by atoms with Gasteiger partial charge in [0.1, 0.15) is 11.3 Å². The summed E-state index contributed by atoms with van der Waals surface area (Å²) in [7, 11) is 3.06. The molecule has 47 heavy (non-hydrogen) atoms. The summed E-state index contributed by atoms with van der Waals surface area (Å²) in [4.78, 5) is 39.4. The number of hydrogen-bond acceptors (Lipinski definition) is 10. The van der Waals surface area contributed by atoms with Crippen LogP contribution in [0.4, 0.5) is 4.39 Å². The van der Waals surface area contributed by atoms with E-state index in [-0.39, 0.29) is 23.0 Å². The van der Waals surface area contributed by atoms with E-state index < -0.39 is 36.5 Å². The fourth-order valence-corrected chi connectivity index (χ4v) is 7.10. The van der Waals surface area contributed by atoms with Crippen LogP contribution in [0.25, 0.3) is 39.7 Å². The third-order valence-electron chi connectivity index (χ3n) is 9.11. The Morgan fingerprint density at radius 2 is 1.81 bits per heavy atom. The summed E-state index contributed by atoms with van der Waals surface area (Å²) >= 11 is 6.17. The highest BCUT2D eigenvalue weighted by atomic mass is 35.5. The molecule has 242 valence electrons. The van der Waals surface area contributed by atoms with E-state index in [2.05, 4.69) is 20.2 Å². The minimum absolute atomic E-state index is 0.0322. The van der Waals surface area contributed by atoms with Crippen molar-refractivity contribution < 1.29 is 32.9 Å². The number of nitrogens with zero attached hydrogens (tertiary/aromatic N) is 5.